The zero-order valence-corrected chi connectivity index (χ0v) is 15.6. The van der Waals surface area contributed by atoms with Crippen LogP contribution < -0.4 is 4.72 Å². The van der Waals surface area contributed by atoms with Gasteiger partial charge < -0.3 is 4.74 Å². The van der Waals surface area contributed by atoms with E-state index >= 15 is 0 Å². The van der Waals surface area contributed by atoms with Gasteiger partial charge >= 0.3 is 0 Å². The van der Waals surface area contributed by atoms with Gasteiger partial charge in [-0.25, -0.2) is 21.6 Å². The summed E-state index contributed by atoms with van der Waals surface area (Å²) in [6.45, 7) is 0.816. The molecule has 0 aliphatic carbocycles. The normalized spacial score (nSPS) is 17.5. The summed E-state index contributed by atoms with van der Waals surface area (Å²) in [6.07, 6.45) is 1.50. The van der Waals surface area contributed by atoms with Crippen molar-refractivity contribution >= 4 is 19.9 Å². The largest absolute Gasteiger partial charge is 0.377 e. The Kier molecular flexibility index (Phi) is 6.73. The van der Waals surface area contributed by atoms with Crippen LogP contribution in [0.25, 0.3) is 0 Å². The van der Waals surface area contributed by atoms with Crippen LogP contribution in [-0.4, -0.2) is 47.6 Å². The summed E-state index contributed by atoms with van der Waals surface area (Å²) < 4.78 is 56.3. The topological polar surface area (TPSA) is 137 Å². The van der Waals surface area contributed by atoms with Crippen LogP contribution in [0.1, 0.15) is 30.4 Å². The van der Waals surface area contributed by atoms with Gasteiger partial charge in [0, 0.05) is 13.2 Å². The fraction of sp³-hybridized carbons (Fsp3) is 0.500. The second kappa shape index (κ2) is 8.60. The molecule has 0 aromatic heterocycles. The van der Waals surface area contributed by atoms with E-state index in [4.69, 9.17) is 15.3 Å². The molecule has 1 saturated heterocycles. The van der Waals surface area contributed by atoms with Crippen molar-refractivity contribution in [2.75, 3.05) is 24.7 Å². The molecule has 1 fully saturated rings. The number of hydrogen-bond acceptors (Lipinski definition) is 7. The van der Waals surface area contributed by atoms with Gasteiger partial charge in [-0.1, -0.05) is 0 Å². The highest BCUT2D eigenvalue weighted by Gasteiger charge is 2.21. The van der Waals surface area contributed by atoms with Crippen molar-refractivity contribution in [1.29, 1.82) is 10.5 Å². The lowest BCUT2D eigenvalue weighted by Crippen LogP contribution is -2.33. The van der Waals surface area contributed by atoms with Gasteiger partial charge in [0.2, 0.25) is 10.0 Å². The Hall–Kier alpha value is -1.98. The fourth-order valence-corrected chi connectivity index (χ4v) is 5.19. The first-order valence-electron chi connectivity index (χ1n) is 8.03. The molecule has 1 atom stereocenters. The molecule has 1 N–H and O–H groups in total. The van der Waals surface area contributed by atoms with Crippen molar-refractivity contribution in [3.63, 3.8) is 0 Å². The van der Waals surface area contributed by atoms with Crippen molar-refractivity contribution < 1.29 is 21.6 Å². The number of hydrogen-bond donors (Lipinski definition) is 1. The van der Waals surface area contributed by atoms with Gasteiger partial charge in [-0.05, 0) is 37.5 Å². The van der Waals surface area contributed by atoms with Crippen LogP contribution in [0, 0.1) is 22.7 Å². The first kappa shape index (κ1) is 20.3. The minimum atomic E-state index is -3.75. The quantitative estimate of drug-likeness (QED) is 0.681. The van der Waals surface area contributed by atoms with Crippen LogP contribution in [0.15, 0.2) is 23.1 Å². The summed E-state index contributed by atoms with van der Waals surface area (Å²) in [4.78, 5) is -0.0993. The molecule has 1 aliphatic heterocycles. The van der Waals surface area contributed by atoms with Crippen molar-refractivity contribution in [2.45, 2.75) is 30.3 Å². The maximum Gasteiger partial charge on any atom is 0.211 e. The second-order valence-electron chi connectivity index (χ2n) is 5.91. The number of rotatable bonds is 8. The molecule has 1 aromatic carbocycles. The van der Waals surface area contributed by atoms with Crippen LogP contribution in [-0.2, 0) is 24.6 Å². The third-order valence-corrected chi connectivity index (χ3v) is 7.20. The van der Waals surface area contributed by atoms with Gasteiger partial charge in [0.15, 0.2) is 9.84 Å². The molecule has 1 aromatic rings. The third kappa shape index (κ3) is 5.51. The average molecular weight is 397 g/mol. The summed E-state index contributed by atoms with van der Waals surface area (Å²) in [5.41, 5.74) is 0.0618. The number of sulfonamides is 1. The predicted octanol–water partition coefficient (Wildman–Crippen LogP) is 0.692. The summed E-state index contributed by atoms with van der Waals surface area (Å²) in [7, 11) is -7.34. The van der Waals surface area contributed by atoms with Gasteiger partial charge in [0.25, 0.3) is 0 Å². The van der Waals surface area contributed by atoms with E-state index in [0.717, 1.165) is 18.9 Å². The molecule has 1 aliphatic rings. The fourth-order valence-electron chi connectivity index (χ4n) is 2.56. The maximum absolute atomic E-state index is 12.3. The van der Waals surface area contributed by atoms with Crippen molar-refractivity contribution in [3.8, 4) is 12.1 Å². The van der Waals surface area contributed by atoms with Crippen LogP contribution in [0.5, 0.6) is 0 Å². The Bertz CT molecular complexity index is 937. The first-order chi connectivity index (χ1) is 12.3. The molecular weight excluding hydrogens is 378 g/mol. The van der Waals surface area contributed by atoms with Crippen LogP contribution in [0.3, 0.4) is 0 Å². The minimum absolute atomic E-state index is 0.0283. The molecule has 1 heterocycles. The van der Waals surface area contributed by atoms with E-state index in [-0.39, 0.29) is 46.6 Å². The van der Waals surface area contributed by atoms with Crippen molar-refractivity contribution in [1.82, 2.24) is 4.72 Å². The second-order valence-corrected chi connectivity index (χ2v) is 9.94. The maximum atomic E-state index is 12.3. The smallest absolute Gasteiger partial charge is 0.211 e. The molecule has 2 rings (SSSR count). The van der Waals surface area contributed by atoms with E-state index in [0.29, 0.717) is 6.61 Å². The molecule has 8 nitrogen and oxygen atoms in total. The highest BCUT2D eigenvalue weighted by Crippen LogP contribution is 2.17. The van der Waals surface area contributed by atoms with E-state index in [1.807, 2.05) is 6.07 Å². The SMILES string of the molecule is N#Cc1ccc(S(=O)(=O)CCCS(=O)(=O)NCC2CCCO2)cc1C#N. The molecule has 140 valence electrons. The lowest BCUT2D eigenvalue weighted by Gasteiger charge is -2.11. The Morgan fingerprint density at radius 3 is 2.46 bits per heavy atom. The summed E-state index contributed by atoms with van der Waals surface area (Å²) in [6, 6.07) is 7.24. The molecule has 0 radical (unpaired) electrons. The van der Waals surface area contributed by atoms with Crippen molar-refractivity contribution in [2.24, 2.45) is 0 Å². The molecule has 10 heteroatoms. The summed E-state index contributed by atoms with van der Waals surface area (Å²) in [5.74, 6) is -0.690. The summed E-state index contributed by atoms with van der Waals surface area (Å²) >= 11 is 0. The van der Waals surface area contributed by atoms with Crippen LogP contribution in [0.2, 0.25) is 0 Å². The number of ether oxygens (including phenoxy) is 1. The zero-order valence-electron chi connectivity index (χ0n) is 14.0. The average Bonchev–Trinajstić information content (AvgIpc) is 3.12. The monoisotopic (exact) mass is 397 g/mol. The van der Waals surface area contributed by atoms with E-state index in [1.165, 1.54) is 12.1 Å². The highest BCUT2D eigenvalue weighted by molar-refractivity contribution is 7.91. The van der Waals surface area contributed by atoms with E-state index in [1.54, 1.807) is 6.07 Å². The molecule has 26 heavy (non-hydrogen) atoms. The van der Waals surface area contributed by atoms with Gasteiger partial charge in [-0.15, -0.1) is 0 Å². The van der Waals surface area contributed by atoms with Gasteiger partial charge in [-0.2, -0.15) is 10.5 Å². The van der Waals surface area contributed by atoms with Crippen molar-refractivity contribution in [3.05, 3.63) is 29.3 Å². The molecule has 0 bridgehead atoms. The van der Waals surface area contributed by atoms with E-state index < -0.39 is 19.9 Å². The van der Waals surface area contributed by atoms with Gasteiger partial charge in [0.1, 0.15) is 12.1 Å². The molecule has 0 spiro atoms. The van der Waals surface area contributed by atoms with E-state index in [9.17, 15) is 16.8 Å². The molecule has 0 amide bonds. The Labute approximate surface area is 153 Å². The minimum Gasteiger partial charge on any atom is -0.377 e. The molecular formula is C16H19N3O5S2. The number of nitriles is 2. The molecule has 1 unspecified atom stereocenters. The zero-order chi connectivity index (χ0) is 19.2. The number of nitrogens with zero attached hydrogens (tertiary/aromatic N) is 2. The molecule has 0 saturated carbocycles. The predicted molar refractivity (Wildman–Crippen MR) is 93.3 cm³/mol. The van der Waals surface area contributed by atoms with Crippen LogP contribution >= 0.6 is 0 Å². The Balaban J connectivity index is 1.93. The summed E-state index contributed by atoms with van der Waals surface area (Å²) in [5, 5.41) is 17.8. The number of sulfone groups is 1. The first-order valence-corrected chi connectivity index (χ1v) is 11.3. The third-order valence-electron chi connectivity index (χ3n) is 3.97. The standard InChI is InChI=1S/C16H19N3O5S2/c17-10-13-4-5-16(9-14(13)11-18)25(20,21)7-2-8-26(22,23)19-12-15-3-1-6-24-15/h4-5,9,15,19H,1-3,6-8,12H2. The van der Waals surface area contributed by atoms with Gasteiger partial charge in [0.05, 0.1) is 33.6 Å². The lowest BCUT2D eigenvalue weighted by atomic mass is 10.1. The Morgan fingerprint density at radius 2 is 1.85 bits per heavy atom. The van der Waals surface area contributed by atoms with E-state index in [2.05, 4.69) is 4.72 Å². The van der Waals surface area contributed by atoms with Crippen LogP contribution in [0.4, 0.5) is 0 Å². The number of nitrogens with one attached hydrogen (secondary N) is 1. The van der Waals surface area contributed by atoms with Gasteiger partial charge in [-0.3, -0.25) is 0 Å². The highest BCUT2D eigenvalue weighted by atomic mass is 32.2. The Morgan fingerprint density at radius 1 is 1.12 bits per heavy atom. The number of benzene rings is 1. The lowest BCUT2D eigenvalue weighted by molar-refractivity contribution is 0.114.